The second-order valence-corrected chi connectivity index (χ2v) is 7.29. The van der Waals surface area contributed by atoms with E-state index in [-0.39, 0.29) is 5.69 Å². The zero-order valence-electron chi connectivity index (χ0n) is 12.7. The fourth-order valence-electron chi connectivity index (χ4n) is 3.79. The van der Waals surface area contributed by atoms with Crippen LogP contribution in [0.3, 0.4) is 0 Å². The van der Waals surface area contributed by atoms with Crippen molar-refractivity contribution in [3.05, 3.63) is 33.7 Å². The van der Waals surface area contributed by atoms with Crippen molar-refractivity contribution in [2.45, 2.75) is 25.7 Å². The summed E-state index contributed by atoms with van der Waals surface area (Å²) >= 11 is 6.68. The van der Waals surface area contributed by atoms with Gasteiger partial charge >= 0.3 is 5.69 Å². The number of pyridine rings is 1. The summed E-state index contributed by atoms with van der Waals surface area (Å²) in [5.74, 6) is 0. The van der Waals surface area contributed by atoms with E-state index in [0.717, 1.165) is 34.7 Å². The largest absolute Gasteiger partial charge is 0.370 e. The molecule has 3 heterocycles. The molecule has 2 aromatic heterocycles. The highest BCUT2D eigenvalue weighted by Crippen LogP contribution is 2.54. The lowest BCUT2D eigenvalue weighted by Crippen LogP contribution is -2.34. The van der Waals surface area contributed by atoms with E-state index in [1.54, 1.807) is 0 Å². The number of H-pyrrole nitrogens is 2. The van der Waals surface area contributed by atoms with Crippen molar-refractivity contribution in [1.29, 1.82) is 0 Å². The maximum atomic E-state index is 11.4. The Kier molecular flexibility index (Phi) is 2.63. The summed E-state index contributed by atoms with van der Waals surface area (Å²) < 4.78 is 0. The van der Waals surface area contributed by atoms with Crippen LogP contribution >= 0.6 is 11.6 Å². The fraction of sp³-hybridized carbons (Fsp3) is 0.412. The second-order valence-electron chi connectivity index (χ2n) is 6.92. The van der Waals surface area contributed by atoms with Gasteiger partial charge in [-0.2, -0.15) is 0 Å². The Morgan fingerprint density at radius 3 is 2.65 bits per heavy atom. The van der Waals surface area contributed by atoms with E-state index in [1.807, 2.05) is 12.1 Å². The molecule has 6 heteroatoms. The van der Waals surface area contributed by atoms with Crippen LogP contribution in [-0.2, 0) is 0 Å². The molecule has 118 valence electrons. The number of halogens is 1. The Balaban J connectivity index is 1.60. The molecule has 1 aromatic carbocycles. The maximum Gasteiger partial charge on any atom is 0.325 e. The van der Waals surface area contributed by atoms with Gasteiger partial charge in [-0.3, -0.25) is 4.98 Å². The minimum absolute atomic E-state index is 0.245. The third kappa shape index (κ3) is 2.06. The molecule has 1 aliphatic carbocycles. The Hall–Kier alpha value is -2.01. The number of nitrogens with one attached hydrogen (secondary N) is 2. The monoisotopic (exact) mass is 328 g/mol. The van der Waals surface area contributed by atoms with Crippen molar-refractivity contribution in [1.82, 2.24) is 15.0 Å². The van der Waals surface area contributed by atoms with Gasteiger partial charge in [-0.1, -0.05) is 11.6 Å². The normalized spacial score (nSPS) is 19.8. The van der Waals surface area contributed by atoms with Crippen LogP contribution in [0.4, 0.5) is 5.69 Å². The molecule has 3 aromatic rings. The molecule has 0 unspecified atom stereocenters. The van der Waals surface area contributed by atoms with Crippen LogP contribution in [0.1, 0.15) is 25.7 Å². The van der Waals surface area contributed by atoms with Crippen LogP contribution in [0, 0.1) is 5.41 Å². The Bertz CT molecular complexity index is 975. The van der Waals surface area contributed by atoms with E-state index in [9.17, 15) is 4.79 Å². The number of hydrogen-bond acceptors (Lipinski definition) is 3. The van der Waals surface area contributed by atoms with E-state index in [1.165, 1.54) is 25.7 Å². The van der Waals surface area contributed by atoms with E-state index in [2.05, 4.69) is 25.9 Å². The summed E-state index contributed by atoms with van der Waals surface area (Å²) in [6.45, 7) is 2.14. The zero-order valence-corrected chi connectivity index (χ0v) is 13.4. The molecule has 5 rings (SSSR count). The summed E-state index contributed by atoms with van der Waals surface area (Å²) in [4.78, 5) is 23.8. The first-order chi connectivity index (χ1) is 11.1. The van der Waals surface area contributed by atoms with Gasteiger partial charge in [0.05, 0.1) is 21.7 Å². The standard InChI is InChI=1S/C17H17ClN4O/c18-14-10-9-12-15(21-16(23)20-12)19-11(10)1-2-13(14)22-7-5-17(3-4-17)6-8-22/h1-2,9H,3-8H2,(H2,19,20,21,23). The second kappa shape index (κ2) is 4.51. The number of piperidine rings is 1. The molecule has 0 atom stereocenters. The molecule has 1 saturated heterocycles. The summed E-state index contributed by atoms with van der Waals surface area (Å²) in [5, 5.41) is 1.62. The van der Waals surface area contributed by atoms with Gasteiger partial charge in [-0.05, 0) is 49.3 Å². The highest BCUT2D eigenvalue weighted by atomic mass is 35.5. The molecular formula is C17H17ClN4O. The first-order valence-corrected chi connectivity index (χ1v) is 8.48. The number of rotatable bonds is 1. The topological polar surface area (TPSA) is 64.8 Å². The highest BCUT2D eigenvalue weighted by molar-refractivity contribution is 6.38. The molecular weight excluding hydrogens is 312 g/mol. The molecule has 2 N–H and O–H groups in total. The number of aromatic nitrogens is 3. The van der Waals surface area contributed by atoms with E-state index in [0.29, 0.717) is 16.6 Å². The number of imidazole rings is 1. The quantitative estimate of drug-likeness (QED) is 0.719. The summed E-state index contributed by atoms with van der Waals surface area (Å²) in [7, 11) is 0. The van der Waals surface area contributed by atoms with Crippen molar-refractivity contribution in [2.75, 3.05) is 18.0 Å². The average molecular weight is 329 g/mol. The lowest BCUT2D eigenvalue weighted by atomic mass is 9.93. The molecule has 1 aliphatic heterocycles. The summed E-state index contributed by atoms with van der Waals surface area (Å²) in [6.07, 6.45) is 5.33. The van der Waals surface area contributed by atoms with Crippen LogP contribution < -0.4 is 10.6 Å². The molecule has 23 heavy (non-hydrogen) atoms. The van der Waals surface area contributed by atoms with Gasteiger partial charge in [0.15, 0.2) is 5.65 Å². The van der Waals surface area contributed by atoms with Crippen molar-refractivity contribution in [3.63, 3.8) is 0 Å². The minimum atomic E-state index is -0.245. The first kappa shape index (κ1) is 13.4. The smallest absolute Gasteiger partial charge is 0.325 e. The van der Waals surface area contributed by atoms with Gasteiger partial charge in [-0.25, -0.2) is 9.78 Å². The molecule has 2 fully saturated rings. The van der Waals surface area contributed by atoms with Gasteiger partial charge < -0.3 is 9.88 Å². The maximum absolute atomic E-state index is 11.4. The van der Waals surface area contributed by atoms with E-state index in [4.69, 9.17) is 11.6 Å². The number of nitrogens with zero attached hydrogens (tertiary/aromatic N) is 2. The van der Waals surface area contributed by atoms with Crippen molar-refractivity contribution in [3.8, 4) is 0 Å². The summed E-state index contributed by atoms with van der Waals surface area (Å²) in [5.41, 5.74) is 3.55. The van der Waals surface area contributed by atoms with Gasteiger partial charge in [0.2, 0.25) is 0 Å². The first-order valence-electron chi connectivity index (χ1n) is 8.10. The van der Waals surface area contributed by atoms with Crippen LogP contribution in [0.2, 0.25) is 5.02 Å². The predicted molar refractivity (Wildman–Crippen MR) is 92.3 cm³/mol. The fourth-order valence-corrected chi connectivity index (χ4v) is 4.13. The third-order valence-electron chi connectivity index (χ3n) is 5.51. The Morgan fingerprint density at radius 2 is 1.91 bits per heavy atom. The van der Waals surface area contributed by atoms with Crippen LogP contribution in [0.25, 0.3) is 22.1 Å². The van der Waals surface area contributed by atoms with Crippen LogP contribution in [-0.4, -0.2) is 28.0 Å². The molecule has 1 saturated carbocycles. The van der Waals surface area contributed by atoms with Crippen molar-refractivity contribution < 1.29 is 0 Å². The lowest BCUT2D eigenvalue weighted by Gasteiger charge is -2.34. The zero-order chi connectivity index (χ0) is 15.6. The van der Waals surface area contributed by atoms with Gasteiger partial charge in [0, 0.05) is 18.5 Å². The molecule has 0 radical (unpaired) electrons. The molecule has 5 nitrogen and oxygen atoms in total. The van der Waals surface area contributed by atoms with Crippen molar-refractivity contribution in [2.24, 2.45) is 5.41 Å². The number of aromatic amines is 2. The van der Waals surface area contributed by atoms with Gasteiger partial charge in [-0.15, -0.1) is 0 Å². The van der Waals surface area contributed by atoms with Crippen LogP contribution in [0.15, 0.2) is 23.0 Å². The van der Waals surface area contributed by atoms with E-state index >= 15 is 0 Å². The average Bonchev–Trinajstić information content (AvgIpc) is 3.19. The molecule has 0 bridgehead atoms. The predicted octanol–water partition coefficient (Wildman–Crippen LogP) is 3.44. The Morgan fingerprint density at radius 1 is 1.13 bits per heavy atom. The molecule has 0 amide bonds. The molecule has 1 spiro atoms. The Labute approximate surface area is 137 Å². The third-order valence-corrected chi connectivity index (χ3v) is 5.91. The van der Waals surface area contributed by atoms with Crippen molar-refractivity contribution >= 4 is 39.4 Å². The minimum Gasteiger partial charge on any atom is -0.370 e. The molecule has 2 aliphatic rings. The number of anilines is 1. The SMILES string of the molecule is O=c1[nH]c2cc3c(Cl)c(N4CCC5(CC4)CC5)ccc3nc2[nH]1. The highest BCUT2D eigenvalue weighted by Gasteiger charge is 2.44. The van der Waals surface area contributed by atoms with Crippen LogP contribution in [0.5, 0.6) is 0 Å². The van der Waals surface area contributed by atoms with Gasteiger partial charge in [0.1, 0.15) is 0 Å². The number of fused-ring (bicyclic) bond motifs is 2. The number of hydrogen-bond donors (Lipinski definition) is 2. The summed E-state index contributed by atoms with van der Waals surface area (Å²) in [6, 6.07) is 5.95. The lowest BCUT2D eigenvalue weighted by molar-refractivity contribution is 0.384. The van der Waals surface area contributed by atoms with Gasteiger partial charge in [0.25, 0.3) is 0 Å². The number of benzene rings is 1. The van der Waals surface area contributed by atoms with E-state index < -0.39 is 0 Å².